The molecular formula is C29H34FN3O3. The topological polar surface area (TPSA) is 67.6 Å². The number of carbonyl (C=O) groups excluding carboxylic acids is 1. The van der Waals surface area contributed by atoms with Crippen molar-refractivity contribution in [3.63, 3.8) is 0 Å². The number of aromatic nitrogens is 2. The fourth-order valence-electron chi connectivity index (χ4n) is 4.64. The molecule has 7 heteroatoms. The number of benzene rings is 2. The Balaban J connectivity index is 1.88. The summed E-state index contributed by atoms with van der Waals surface area (Å²) in [6, 6.07) is 14.7. The first-order chi connectivity index (χ1) is 17.3. The number of aliphatic hydroxyl groups is 1. The predicted molar refractivity (Wildman–Crippen MR) is 141 cm³/mol. The summed E-state index contributed by atoms with van der Waals surface area (Å²) in [5.74, 6) is 0.202. The van der Waals surface area contributed by atoms with Gasteiger partial charge in [-0.25, -0.2) is 9.37 Å². The third kappa shape index (κ3) is 5.51. The minimum Gasteiger partial charge on any atom is -0.458 e. The first-order valence-corrected chi connectivity index (χ1v) is 12.6. The van der Waals surface area contributed by atoms with Crippen LogP contribution in [0.4, 0.5) is 10.1 Å². The number of imidazole rings is 1. The Morgan fingerprint density at radius 3 is 2.53 bits per heavy atom. The lowest BCUT2D eigenvalue weighted by Gasteiger charge is -2.23. The molecule has 1 saturated heterocycles. The number of hydrogen-bond donors (Lipinski definition) is 1. The number of carbonyl (C=O) groups is 1. The van der Waals surface area contributed by atoms with E-state index in [1.165, 1.54) is 12.1 Å². The zero-order valence-electron chi connectivity index (χ0n) is 21.3. The first-order valence-electron chi connectivity index (χ1n) is 12.6. The molecule has 0 aliphatic carbocycles. The lowest BCUT2D eigenvalue weighted by Crippen LogP contribution is -2.31. The van der Waals surface area contributed by atoms with Crippen molar-refractivity contribution in [2.75, 3.05) is 18.0 Å². The molecule has 6 nitrogen and oxygen atoms in total. The summed E-state index contributed by atoms with van der Waals surface area (Å²) in [4.78, 5) is 19.2. The number of rotatable bonds is 8. The van der Waals surface area contributed by atoms with Gasteiger partial charge in [0.25, 0.3) is 0 Å². The maximum Gasteiger partial charge on any atom is 0.309 e. The van der Waals surface area contributed by atoms with Crippen LogP contribution in [0.15, 0.2) is 54.6 Å². The minimum absolute atomic E-state index is 0.0144. The van der Waals surface area contributed by atoms with E-state index >= 15 is 0 Å². The second kappa shape index (κ2) is 11.1. The molecule has 2 aromatic carbocycles. The van der Waals surface area contributed by atoms with E-state index < -0.39 is 18.2 Å². The number of anilines is 1. The SMILES string of the molecule is CCN(CC)c1cccc(-c2nc(C(C)C)n(/C=C/[C@@H]3C[C@@H](O)CC(=O)O3)c2-c2ccc(F)cc2)c1. The number of nitrogens with zero attached hydrogens (tertiary/aromatic N) is 3. The Hall–Kier alpha value is -3.45. The van der Waals surface area contributed by atoms with Crippen molar-refractivity contribution in [2.24, 2.45) is 0 Å². The van der Waals surface area contributed by atoms with Crippen molar-refractivity contribution in [1.82, 2.24) is 9.55 Å². The maximum absolute atomic E-state index is 13.8. The molecule has 0 saturated carbocycles. The Morgan fingerprint density at radius 2 is 1.89 bits per heavy atom. The summed E-state index contributed by atoms with van der Waals surface area (Å²) in [7, 11) is 0. The van der Waals surface area contributed by atoms with Crippen molar-refractivity contribution in [3.8, 4) is 22.5 Å². The Labute approximate surface area is 212 Å². The molecular weight excluding hydrogens is 457 g/mol. The molecule has 36 heavy (non-hydrogen) atoms. The van der Waals surface area contributed by atoms with Crippen LogP contribution in [0.25, 0.3) is 28.7 Å². The van der Waals surface area contributed by atoms with E-state index in [2.05, 4.69) is 44.7 Å². The highest BCUT2D eigenvalue weighted by Gasteiger charge is 2.26. The third-order valence-corrected chi connectivity index (χ3v) is 6.46. The van der Waals surface area contributed by atoms with Crippen LogP contribution in [0, 0.1) is 5.82 Å². The van der Waals surface area contributed by atoms with Crippen LogP contribution in [0.3, 0.4) is 0 Å². The smallest absolute Gasteiger partial charge is 0.309 e. The highest BCUT2D eigenvalue weighted by molar-refractivity contribution is 5.82. The minimum atomic E-state index is -0.719. The van der Waals surface area contributed by atoms with Crippen LogP contribution >= 0.6 is 0 Å². The predicted octanol–water partition coefficient (Wildman–Crippen LogP) is 5.86. The molecule has 1 aliphatic heterocycles. The van der Waals surface area contributed by atoms with Gasteiger partial charge in [-0.1, -0.05) is 26.0 Å². The number of esters is 1. The van der Waals surface area contributed by atoms with Crippen LogP contribution in [-0.4, -0.2) is 45.9 Å². The number of ether oxygens (including phenoxy) is 1. The molecule has 0 unspecified atom stereocenters. The maximum atomic E-state index is 13.8. The first kappa shape index (κ1) is 25.6. The fraction of sp³-hybridized carbons (Fsp3) is 0.379. The molecule has 1 aromatic heterocycles. The van der Waals surface area contributed by atoms with Crippen molar-refractivity contribution in [3.05, 3.63) is 66.2 Å². The van der Waals surface area contributed by atoms with E-state index in [0.29, 0.717) is 6.42 Å². The lowest BCUT2D eigenvalue weighted by atomic mass is 10.0. The van der Waals surface area contributed by atoms with Gasteiger partial charge in [0.1, 0.15) is 17.7 Å². The van der Waals surface area contributed by atoms with Gasteiger partial charge in [0.05, 0.1) is 23.9 Å². The normalized spacial score (nSPS) is 18.1. The number of aliphatic hydroxyl groups excluding tert-OH is 1. The number of hydrogen-bond acceptors (Lipinski definition) is 5. The van der Waals surface area contributed by atoms with E-state index in [1.807, 2.05) is 22.9 Å². The molecule has 2 heterocycles. The third-order valence-electron chi connectivity index (χ3n) is 6.46. The summed E-state index contributed by atoms with van der Waals surface area (Å²) in [6.07, 6.45) is 2.76. The fourth-order valence-corrected chi connectivity index (χ4v) is 4.64. The van der Waals surface area contributed by atoms with E-state index in [-0.39, 0.29) is 18.2 Å². The highest BCUT2D eigenvalue weighted by Crippen LogP contribution is 2.37. The van der Waals surface area contributed by atoms with Crippen molar-refractivity contribution in [2.45, 2.75) is 58.7 Å². The van der Waals surface area contributed by atoms with Crippen molar-refractivity contribution >= 4 is 17.9 Å². The standard InChI is InChI=1S/C29H34FN3O3/c1-5-32(6-2)23-9-7-8-21(16-23)27-28(20-10-12-22(30)13-11-20)33(29(31-27)19(3)4)15-14-25-17-24(34)18-26(35)36-25/h7-16,19,24-25,34H,5-6,17-18H2,1-4H3/b15-14+/t24-,25-/m1/s1. The summed E-state index contributed by atoms with van der Waals surface area (Å²) in [6.45, 7) is 10.2. The Morgan fingerprint density at radius 1 is 1.17 bits per heavy atom. The molecule has 190 valence electrons. The van der Waals surface area contributed by atoms with Gasteiger partial charge in [0.2, 0.25) is 0 Å². The quantitative estimate of drug-likeness (QED) is 0.400. The van der Waals surface area contributed by atoms with Crippen LogP contribution in [-0.2, 0) is 9.53 Å². The van der Waals surface area contributed by atoms with Crippen molar-refractivity contribution < 1.29 is 19.0 Å². The summed E-state index contributed by atoms with van der Waals surface area (Å²) in [5.41, 5.74) is 4.53. The molecule has 0 spiro atoms. The van der Waals surface area contributed by atoms with Crippen LogP contribution in [0.5, 0.6) is 0 Å². The zero-order valence-corrected chi connectivity index (χ0v) is 21.3. The van der Waals surface area contributed by atoms with Gasteiger partial charge in [-0.15, -0.1) is 0 Å². The molecule has 2 atom stereocenters. The molecule has 3 aromatic rings. The van der Waals surface area contributed by atoms with Crippen LogP contribution < -0.4 is 4.90 Å². The molecule has 4 rings (SSSR count). The average Bonchev–Trinajstić information content (AvgIpc) is 3.23. The highest BCUT2D eigenvalue weighted by atomic mass is 19.1. The molecule has 1 N–H and O–H groups in total. The van der Waals surface area contributed by atoms with Crippen LogP contribution in [0.1, 0.15) is 52.3 Å². The van der Waals surface area contributed by atoms with E-state index in [4.69, 9.17) is 9.72 Å². The molecule has 0 bridgehead atoms. The van der Waals surface area contributed by atoms with Gasteiger partial charge < -0.3 is 19.3 Å². The number of halogens is 1. The largest absolute Gasteiger partial charge is 0.458 e. The zero-order chi connectivity index (χ0) is 25.8. The molecule has 0 radical (unpaired) electrons. The lowest BCUT2D eigenvalue weighted by molar-refractivity contribution is -0.156. The second-order valence-corrected chi connectivity index (χ2v) is 9.38. The van der Waals surface area contributed by atoms with E-state index in [1.54, 1.807) is 18.2 Å². The molecule has 1 aliphatic rings. The van der Waals surface area contributed by atoms with E-state index in [0.717, 1.165) is 47.1 Å². The summed E-state index contributed by atoms with van der Waals surface area (Å²) >= 11 is 0. The summed E-state index contributed by atoms with van der Waals surface area (Å²) < 4.78 is 21.2. The average molecular weight is 492 g/mol. The second-order valence-electron chi connectivity index (χ2n) is 9.38. The van der Waals surface area contributed by atoms with Crippen LogP contribution in [0.2, 0.25) is 0 Å². The molecule has 1 fully saturated rings. The van der Waals surface area contributed by atoms with E-state index in [9.17, 15) is 14.3 Å². The number of cyclic esters (lactones) is 1. The Kier molecular flexibility index (Phi) is 7.89. The summed E-state index contributed by atoms with van der Waals surface area (Å²) in [5, 5.41) is 10.0. The monoisotopic (exact) mass is 491 g/mol. The van der Waals surface area contributed by atoms with Gasteiger partial charge >= 0.3 is 5.97 Å². The van der Waals surface area contributed by atoms with Gasteiger partial charge in [-0.3, -0.25) is 4.79 Å². The molecule has 0 amide bonds. The van der Waals surface area contributed by atoms with Crippen molar-refractivity contribution in [1.29, 1.82) is 0 Å². The Bertz CT molecular complexity index is 1230. The van der Waals surface area contributed by atoms with Gasteiger partial charge in [-0.2, -0.15) is 0 Å². The van der Waals surface area contributed by atoms with Gasteiger partial charge in [0, 0.05) is 48.4 Å². The van der Waals surface area contributed by atoms with Gasteiger partial charge in [0.15, 0.2) is 0 Å². The van der Waals surface area contributed by atoms with Gasteiger partial charge in [-0.05, 0) is 56.3 Å².